The predicted octanol–water partition coefficient (Wildman–Crippen LogP) is 1.98. The Hall–Kier alpha value is -2.49. The van der Waals surface area contributed by atoms with Crippen molar-refractivity contribution in [2.75, 3.05) is 97.8 Å². The number of anilines is 1. The van der Waals surface area contributed by atoms with Gasteiger partial charge in [0.2, 0.25) is 0 Å². The van der Waals surface area contributed by atoms with Gasteiger partial charge in [-0.3, -0.25) is 20.2 Å². The number of nitro benzene ring substituents is 2. The van der Waals surface area contributed by atoms with Crippen LogP contribution < -0.4 is 5.32 Å². The molecule has 0 fully saturated rings. The average molecular weight is 493 g/mol. The molecule has 13 nitrogen and oxygen atoms in total. The van der Waals surface area contributed by atoms with Gasteiger partial charge in [0.25, 0.3) is 11.4 Å². The lowest BCUT2D eigenvalue weighted by Gasteiger charge is -2.09. The Morgan fingerprint density at radius 2 is 1.12 bits per heavy atom. The second-order valence-electron chi connectivity index (χ2n) is 6.51. The van der Waals surface area contributed by atoms with E-state index in [1.54, 1.807) is 0 Å². The summed E-state index contributed by atoms with van der Waals surface area (Å²) < 4.78 is 43.4. The molecule has 0 aliphatic heterocycles. The SMILES string of the molecule is O=[N+]([O-])c1ccc(NCCOCCOCCOCCOCCOCCOCCF)c([N+](=O)[O-])c1. The van der Waals surface area contributed by atoms with Crippen LogP contribution >= 0.6 is 0 Å². The van der Waals surface area contributed by atoms with Gasteiger partial charge in [-0.25, -0.2) is 4.39 Å². The quantitative estimate of drug-likeness (QED) is 0.135. The van der Waals surface area contributed by atoms with Gasteiger partial charge in [-0.15, -0.1) is 0 Å². The van der Waals surface area contributed by atoms with Crippen molar-refractivity contribution in [1.82, 2.24) is 0 Å². The topological polar surface area (TPSA) is 154 Å². The maximum atomic E-state index is 11.8. The Labute approximate surface area is 196 Å². The van der Waals surface area contributed by atoms with Gasteiger partial charge in [0.1, 0.15) is 12.4 Å². The first-order chi connectivity index (χ1) is 16.6. The summed E-state index contributed by atoms with van der Waals surface area (Å²) in [6, 6.07) is 3.41. The van der Waals surface area contributed by atoms with Gasteiger partial charge in [0.15, 0.2) is 0 Å². The van der Waals surface area contributed by atoms with Crippen molar-refractivity contribution < 1.29 is 42.7 Å². The fourth-order valence-corrected chi connectivity index (χ4v) is 2.45. The van der Waals surface area contributed by atoms with Crippen molar-refractivity contribution in [3.8, 4) is 0 Å². The summed E-state index contributed by atoms with van der Waals surface area (Å²) in [4.78, 5) is 20.4. The lowest BCUT2D eigenvalue weighted by atomic mass is 10.2. The lowest BCUT2D eigenvalue weighted by molar-refractivity contribution is -0.393. The molecule has 34 heavy (non-hydrogen) atoms. The molecule has 0 amide bonds. The number of nitro groups is 2. The third-order valence-electron chi connectivity index (χ3n) is 4.03. The van der Waals surface area contributed by atoms with E-state index in [9.17, 15) is 24.6 Å². The Balaban J connectivity index is 1.90. The first kappa shape index (κ1) is 29.5. The van der Waals surface area contributed by atoms with Crippen molar-refractivity contribution in [3.05, 3.63) is 38.4 Å². The number of nitrogens with one attached hydrogen (secondary N) is 1. The highest BCUT2D eigenvalue weighted by Crippen LogP contribution is 2.28. The highest BCUT2D eigenvalue weighted by Gasteiger charge is 2.18. The molecule has 1 rings (SSSR count). The highest BCUT2D eigenvalue weighted by atomic mass is 19.1. The summed E-state index contributed by atoms with van der Waals surface area (Å²) in [6.45, 7) is 4.18. The van der Waals surface area contributed by atoms with Gasteiger partial charge >= 0.3 is 0 Å². The van der Waals surface area contributed by atoms with Crippen LogP contribution in [-0.4, -0.2) is 102 Å². The standard InChI is InChI=1S/C20H32FN3O10/c21-3-5-29-7-9-31-11-13-33-15-16-34-14-12-32-10-8-30-6-4-22-19-2-1-18(23(25)26)17-20(19)24(27)28/h1-2,17,22H,3-16H2. The van der Waals surface area contributed by atoms with Gasteiger partial charge in [-0.1, -0.05) is 0 Å². The van der Waals surface area contributed by atoms with E-state index in [-0.39, 0.29) is 30.3 Å². The normalized spacial score (nSPS) is 11.0. The lowest BCUT2D eigenvalue weighted by Crippen LogP contribution is -2.15. The number of ether oxygens (including phenoxy) is 6. The number of halogens is 1. The van der Waals surface area contributed by atoms with Crippen molar-refractivity contribution in [2.24, 2.45) is 0 Å². The molecule has 14 heteroatoms. The number of alkyl halides is 1. The van der Waals surface area contributed by atoms with Crippen molar-refractivity contribution >= 4 is 17.1 Å². The smallest absolute Gasteiger partial charge is 0.299 e. The second-order valence-corrected chi connectivity index (χ2v) is 6.51. The summed E-state index contributed by atoms with van der Waals surface area (Å²) in [7, 11) is 0. The maximum Gasteiger partial charge on any atom is 0.299 e. The van der Waals surface area contributed by atoms with Crippen LogP contribution in [0.5, 0.6) is 0 Å². The number of rotatable bonds is 23. The fraction of sp³-hybridized carbons (Fsp3) is 0.700. The van der Waals surface area contributed by atoms with E-state index in [1.165, 1.54) is 12.1 Å². The van der Waals surface area contributed by atoms with Crippen LogP contribution in [0.25, 0.3) is 0 Å². The van der Waals surface area contributed by atoms with E-state index >= 15 is 0 Å². The minimum Gasteiger partial charge on any atom is -0.377 e. The molecule has 0 saturated carbocycles. The molecule has 0 aromatic heterocycles. The molecular formula is C20H32FN3O10. The maximum absolute atomic E-state index is 11.8. The van der Waals surface area contributed by atoms with Crippen LogP contribution in [0.4, 0.5) is 21.5 Å². The van der Waals surface area contributed by atoms with E-state index < -0.39 is 16.5 Å². The fourth-order valence-electron chi connectivity index (χ4n) is 2.45. The van der Waals surface area contributed by atoms with Crippen LogP contribution in [0.3, 0.4) is 0 Å². The van der Waals surface area contributed by atoms with Crippen LogP contribution in [-0.2, 0) is 28.4 Å². The molecule has 0 spiro atoms. The third-order valence-corrected chi connectivity index (χ3v) is 4.03. The molecule has 194 valence electrons. The van der Waals surface area contributed by atoms with Crippen LogP contribution in [0.1, 0.15) is 0 Å². The molecule has 0 radical (unpaired) electrons. The van der Waals surface area contributed by atoms with Crippen LogP contribution in [0, 0.1) is 20.2 Å². The largest absolute Gasteiger partial charge is 0.377 e. The molecule has 0 bridgehead atoms. The summed E-state index contributed by atoms with van der Waals surface area (Å²) in [5.74, 6) is 0. The minimum absolute atomic E-state index is 0.0893. The van der Waals surface area contributed by atoms with Gasteiger partial charge in [-0.05, 0) is 6.07 Å². The first-order valence-corrected chi connectivity index (χ1v) is 10.8. The van der Waals surface area contributed by atoms with E-state index in [4.69, 9.17) is 28.4 Å². The van der Waals surface area contributed by atoms with E-state index in [0.29, 0.717) is 72.6 Å². The number of hydrogen-bond acceptors (Lipinski definition) is 11. The summed E-state index contributed by atoms with van der Waals surface area (Å²) >= 11 is 0. The van der Waals surface area contributed by atoms with Crippen molar-refractivity contribution in [1.29, 1.82) is 0 Å². The van der Waals surface area contributed by atoms with Gasteiger partial charge < -0.3 is 33.7 Å². The Kier molecular flexibility index (Phi) is 17.3. The predicted molar refractivity (Wildman–Crippen MR) is 119 cm³/mol. The monoisotopic (exact) mass is 493 g/mol. The number of non-ortho nitro benzene ring substituents is 1. The molecule has 0 heterocycles. The zero-order valence-electron chi connectivity index (χ0n) is 19.0. The molecule has 1 aromatic carbocycles. The minimum atomic E-state index is -0.686. The second kappa shape index (κ2) is 19.9. The third kappa shape index (κ3) is 14.6. The number of hydrogen-bond donors (Lipinski definition) is 1. The summed E-state index contributed by atoms with van der Waals surface area (Å²) in [6.07, 6.45) is 0. The van der Waals surface area contributed by atoms with Gasteiger partial charge in [0.05, 0.1) is 95.2 Å². The Bertz CT molecular complexity index is 699. The number of nitrogens with zero attached hydrogens (tertiary/aromatic N) is 2. The van der Waals surface area contributed by atoms with E-state index in [1.807, 2.05) is 0 Å². The number of benzene rings is 1. The zero-order valence-corrected chi connectivity index (χ0v) is 19.0. The molecule has 0 unspecified atom stereocenters. The van der Waals surface area contributed by atoms with E-state index in [0.717, 1.165) is 6.07 Å². The average Bonchev–Trinajstić information content (AvgIpc) is 2.82. The molecule has 1 aromatic rings. The Morgan fingerprint density at radius 1 is 0.676 bits per heavy atom. The molecular weight excluding hydrogens is 461 g/mol. The molecule has 1 N–H and O–H groups in total. The molecule has 0 atom stereocenters. The van der Waals surface area contributed by atoms with Crippen LogP contribution in [0.2, 0.25) is 0 Å². The van der Waals surface area contributed by atoms with Crippen molar-refractivity contribution in [3.63, 3.8) is 0 Å². The summed E-state index contributed by atoms with van der Waals surface area (Å²) in [5.41, 5.74) is -0.529. The van der Waals surface area contributed by atoms with Crippen LogP contribution in [0.15, 0.2) is 18.2 Å². The van der Waals surface area contributed by atoms with E-state index in [2.05, 4.69) is 5.32 Å². The zero-order chi connectivity index (χ0) is 24.9. The molecule has 0 aliphatic rings. The summed E-state index contributed by atoms with van der Waals surface area (Å²) in [5, 5.41) is 24.6. The first-order valence-electron chi connectivity index (χ1n) is 10.8. The van der Waals surface area contributed by atoms with Crippen molar-refractivity contribution in [2.45, 2.75) is 0 Å². The molecule has 0 saturated heterocycles. The van der Waals surface area contributed by atoms with Gasteiger partial charge in [-0.2, -0.15) is 0 Å². The van der Waals surface area contributed by atoms with Gasteiger partial charge in [0, 0.05) is 12.6 Å². The highest BCUT2D eigenvalue weighted by molar-refractivity contribution is 5.65. The molecule has 0 aliphatic carbocycles. The Morgan fingerprint density at radius 3 is 1.53 bits per heavy atom.